The third-order valence-electron chi connectivity index (χ3n) is 3.95. The molecule has 0 atom stereocenters. The molecule has 0 aliphatic carbocycles. The van der Waals surface area contributed by atoms with E-state index in [-0.39, 0.29) is 18.1 Å². The molecular formula is C18H17N3O5. The SMILES string of the molecule is COc1ccc(NC(=O)Cn2ccc3ccc([N+](=O)[O-])cc32)cc1OC. The van der Waals surface area contributed by atoms with E-state index in [4.69, 9.17) is 9.47 Å². The van der Waals surface area contributed by atoms with Gasteiger partial charge in [-0.1, -0.05) is 0 Å². The Labute approximate surface area is 149 Å². The summed E-state index contributed by atoms with van der Waals surface area (Å²) < 4.78 is 12.0. The molecule has 1 aromatic heterocycles. The number of methoxy groups -OCH3 is 2. The smallest absolute Gasteiger partial charge is 0.271 e. The van der Waals surface area contributed by atoms with Crippen LogP contribution in [0.15, 0.2) is 48.7 Å². The van der Waals surface area contributed by atoms with Gasteiger partial charge in [-0.25, -0.2) is 0 Å². The van der Waals surface area contributed by atoms with Crippen molar-refractivity contribution in [2.45, 2.75) is 6.54 Å². The van der Waals surface area contributed by atoms with Crippen molar-refractivity contribution in [3.05, 3.63) is 58.8 Å². The zero-order chi connectivity index (χ0) is 18.7. The van der Waals surface area contributed by atoms with Crippen LogP contribution < -0.4 is 14.8 Å². The quantitative estimate of drug-likeness (QED) is 0.541. The maximum Gasteiger partial charge on any atom is 0.271 e. The lowest BCUT2D eigenvalue weighted by Gasteiger charge is -2.11. The van der Waals surface area contributed by atoms with Gasteiger partial charge in [-0.2, -0.15) is 0 Å². The fraction of sp³-hybridized carbons (Fsp3) is 0.167. The van der Waals surface area contributed by atoms with Crippen LogP contribution in [0.3, 0.4) is 0 Å². The van der Waals surface area contributed by atoms with Crippen LogP contribution >= 0.6 is 0 Å². The Balaban J connectivity index is 1.79. The summed E-state index contributed by atoms with van der Waals surface area (Å²) in [5.41, 5.74) is 1.18. The van der Waals surface area contributed by atoms with Crippen LogP contribution in [-0.2, 0) is 11.3 Å². The first-order valence-corrected chi connectivity index (χ1v) is 7.77. The minimum absolute atomic E-state index is 0.0160. The Hall–Kier alpha value is -3.55. The van der Waals surface area contributed by atoms with Gasteiger partial charge in [0.25, 0.3) is 5.69 Å². The molecule has 1 amide bonds. The van der Waals surface area contributed by atoms with Crippen molar-refractivity contribution in [1.82, 2.24) is 4.57 Å². The van der Waals surface area contributed by atoms with Crippen molar-refractivity contribution in [2.75, 3.05) is 19.5 Å². The number of nitro benzene ring substituents is 1. The monoisotopic (exact) mass is 355 g/mol. The van der Waals surface area contributed by atoms with Crippen molar-refractivity contribution in [3.8, 4) is 11.5 Å². The number of nitro groups is 1. The van der Waals surface area contributed by atoms with E-state index >= 15 is 0 Å². The molecule has 134 valence electrons. The summed E-state index contributed by atoms with van der Waals surface area (Å²) in [5.74, 6) is 0.808. The Morgan fingerprint density at radius 1 is 1.12 bits per heavy atom. The lowest BCUT2D eigenvalue weighted by molar-refractivity contribution is -0.384. The number of aromatic nitrogens is 1. The number of anilines is 1. The van der Waals surface area contributed by atoms with Crippen LogP contribution in [0.5, 0.6) is 11.5 Å². The third-order valence-corrected chi connectivity index (χ3v) is 3.95. The van der Waals surface area contributed by atoms with Crippen molar-refractivity contribution in [1.29, 1.82) is 0 Å². The summed E-state index contributed by atoms with van der Waals surface area (Å²) >= 11 is 0. The molecule has 8 nitrogen and oxygen atoms in total. The average Bonchev–Trinajstić information content (AvgIpc) is 3.03. The summed E-state index contributed by atoms with van der Waals surface area (Å²) in [6.45, 7) is 0.0268. The van der Waals surface area contributed by atoms with E-state index in [2.05, 4.69) is 5.32 Å². The number of carbonyl (C=O) groups excluding carboxylic acids is 1. The Bertz CT molecular complexity index is 980. The van der Waals surface area contributed by atoms with Crippen LogP contribution in [0.25, 0.3) is 10.9 Å². The molecule has 3 aromatic rings. The highest BCUT2D eigenvalue weighted by Gasteiger charge is 2.12. The second-order valence-corrected chi connectivity index (χ2v) is 5.56. The fourth-order valence-electron chi connectivity index (χ4n) is 2.69. The first-order chi connectivity index (χ1) is 12.5. The Morgan fingerprint density at radius 2 is 1.88 bits per heavy atom. The van der Waals surface area contributed by atoms with E-state index in [1.165, 1.54) is 26.4 Å². The molecule has 8 heteroatoms. The number of hydrogen-bond acceptors (Lipinski definition) is 5. The molecular weight excluding hydrogens is 338 g/mol. The van der Waals surface area contributed by atoms with E-state index in [1.54, 1.807) is 35.0 Å². The van der Waals surface area contributed by atoms with Gasteiger partial charge < -0.3 is 19.4 Å². The minimum Gasteiger partial charge on any atom is -0.493 e. The standard InChI is InChI=1S/C18H17N3O5/c1-25-16-6-4-13(9-17(16)26-2)19-18(22)11-20-8-7-12-3-5-14(21(23)24)10-15(12)20/h3-10H,11H2,1-2H3,(H,19,22). The van der Waals surface area contributed by atoms with E-state index in [1.807, 2.05) is 6.07 Å². The number of non-ortho nitro benzene ring substituents is 1. The number of ether oxygens (including phenoxy) is 2. The van der Waals surface area contributed by atoms with Crippen molar-refractivity contribution >= 4 is 28.2 Å². The van der Waals surface area contributed by atoms with Crippen molar-refractivity contribution in [3.63, 3.8) is 0 Å². The van der Waals surface area contributed by atoms with Crippen LogP contribution in [0.2, 0.25) is 0 Å². The summed E-state index contributed by atoms with van der Waals surface area (Å²) in [6, 6.07) is 11.4. The molecule has 26 heavy (non-hydrogen) atoms. The molecule has 3 rings (SSSR count). The number of fused-ring (bicyclic) bond motifs is 1. The van der Waals surface area contributed by atoms with Crippen molar-refractivity contribution < 1.29 is 19.2 Å². The highest BCUT2D eigenvalue weighted by molar-refractivity contribution is 5.92. The topological polar surface area (TPSA) is 95.6 Å². The average molecular weight is 355 g/mol. The lowest BCUT2D eigenvalue weighted by Crippen LogP contribution is -2.18. The summed E-state index contributed by atoms with van der Waals surface area (Å²) in [5, 5.41) is 14.6. The van der Waals surface area contributed by atoms with Crippen LogP contribution in [-0.4, -0.2) is 29.6 Å². The van der Waals surface area contributed by atoms with Gasteiger partial charge in [0, 0.05) is 35.5 Å². The minimum atomic E-state index is -0.458. The molecule has 0 radical (unpaired) electrons. The number of nitrogens with zero attached hydrogens (tertiary/aromatic N) is 2. The maximum absolute atomic E-state index is 12.4. The van der Waals surface area contributed by atoms with E-state index in [0.717, 1.165) is 5.39 Å². The van der Waals surface area contributed by atoms with E-state index in [0.29, 0.717) is 22.7 Å². The van der Waals surface area contributed by atoms with Gasteiger partial charge in [0.1, 0.15) is 6.54 Å². The molecule has 2 aromatic carbocycles. The fourth-order valence-corrected chi connectivity index (χ4v) is 2.69. The first-order valence-electron chi connectivity index (χ1n) is 7.77. The van der Waals surface area contributed by atoms with Gasteiger partial charge in [0.15, 0.2) is 11.5 Å². The molecule has 1 N–H and O–H groups in total. The van der Waals surface area contributed by atoms with E-state index in [9.17, 15) is 14.9 Å². The number of benzene rings is 2. The molecule has 1 heterocycles. The first kappa shape index (κ1) is 17.3. The van der Waals surface area contributed by atoms with Gasteiger partial charge in [-0.3, -0.25) is 14.9 Å². The predicted octanol–water partition coefficient (Wildman–Crippen LogP) is 3.21. The molecule has 0 fully saturated rings. The Kier molecular flexibility index (Phi) is 4.74. The van der Waals surface area contributed by atoms with Gasteiger partial charge in [-0.05, 0) is 24.3 Å². The number of carbonyl (C=O) groups is 1. The zero-order valence-corrected chi connectivity index (χ0v) is 14.3. The van der Waals surface area contributed by atoms with Crippen LogP contribution in [0.4, 0.5) is 11.4 Å². The molecule has 0 aliphatic heterocycles. The normalized spacial score (nSPS) is 10.5. The van der Waals surface area contributed by atoms with Gasteiger partial charge in [-0.15, -0.1) is 0 Å². The Morgan fingerprint density at radius 3 is 2.58 bits per heavy atom. The van der Waals surface area contributed by atoms with Crippen molar-refractivity contribution in [2.24, 2.45) is 0 Å². The van der Waals surface area contributed by atoms with Gasteiger partial charge >= 0.3 is 0 Å². The highest BCUT2D eigenvalue weighted by Crippen LogP contribution is 2.29. The van der Waals surface area contributed by atoms with Crippen LogP contribution in [0.1, 0.15) is 0 Å². The third kappa shape index (κ3) is 3.44. The molecule has 0 unspecified atom stereocenters. The zero-order valence-electron chi connectivity index (χ0n) is 14.3. The van der Waals surface area contributed by atoms with E-state index < -0.39 is 4.92 Å². The van der Waals surface area contributed by atoms with Crippen LogP contribution in [0, 0.1) is 10.1 Å². The van der Waals surface area contributed by atoms with Gasteiger partial charge in [0.05, 0.1) is 24.7 Å². The summed E-state index contributed by atoms with van der Waals surface area (Å²) in [4.78, 5) is 22.8. The summed E-state index contributed by atoms with van der Waals surface area (Å²) in [7, 11) is 3.05. The molecule has 0 saturated carbocycles. The maximum atomic E-state index is 12.4. The summed E-state index contributed by atoms with van der Waals surface area (Å²) in [6.07, 6.45) is 1.72. The number of rotatable bonds is 6. The molecule has 0 aliphatic rings. The lowest BCUT2D eigenvalue weighted by atomic mass is 10.2. The largest absolute Gasteiger partial charge is 0.493 e. The predicted molar refractivity (Wildman–Crippen MR) is 96.8 cm³/mol. The number of hydrogen-bond donors (Lipinski definition) is 1. The second-order valence-electron chi connectivity index (χ2n) is 5.56. The highest BCUT2D eigenvalue weighted by atomic mass is 16.6. The molecule has 0 saturated heterocycles. The van der Waals surface area contributed by atoms with Gasteiger partial charge in [0.2, 0.25) is 5.91 Å². The second kappa shape index (κ2) is 7.14. The number of amides is 1. The molecule has 0 spiro atoms. The molecule has 0 bridgehead atoms. The number of nitrogens with one attached hydrogen (secondary N) is 1.